The predicted octanol–water partition coefficient (Wildman–Crippen LogP) is 3.01. The third-order valence-corrected chi connectivity index (χ3v) is 3.68. The van der Waals surface area contributed by atoms with Crippen LogP contribution in [-0.4, -0.2) is 38.5 Å². The first kappa shape index (κ1) is 16.7. The highest BCUT2D eigenvalue weighted by atomic mass is 16.5. The van der Waals surface area contributed by atoms with E-state index in [9.17, 15) is 0 Å². The third-order valence-electron chi connectivity index (χ3n) is 3.68. The van der Waals surface area contributed by atoms with Gasteiger partial charge in [0.15, 0.2) is 0 Å². The second-order valence-corrected chi connectivity index (χ2v) is 6.72. The minimum absolute atomic E-state index is 0.121. The Morgan fingerprint density at radius 2 is 1.95 bits per heavy atom. The number of methoxy groups -OCH3 is 1. The lowest BCUT2D eigenvalue weighted by molar-refractivity contribution is -0.0257. The van der Waals surface area contributed by atoms with Crippen molar-refractivity contribution < 1.29 is 9.47 Å². The maximum Gasteiger partial charge on any atom is 0.0932 e. The van der Waals surface area contributed by atoms with Gasteiger partial charge in [0.2, 0.25) is 0 Å². The number of hydrogen-bond acceptors (Lipinski definition) is 3. The Morgan fingerprint density at radius 3 is 2.53 bits per heavy atom. The second-order valence-electron chi connectivity index (χ2n) is 6.72. The third kappa shape index (κ3) is 7.09. The Hall–Kier alpha value is -0.380. The summed E-state index contributed by atoms with van der Waals surface area (Å²) in [4.78, 5) is 0. The molecule has 0 aromatic rings. The molecule has 0 fully saturated rings. The van der Waals surface area contributed by atoms with Crippen LogP contribution in [0.3, 0.4) is 0 Å². The molecule has 3 unspecified atom stereocenters. The summed E-state index contributed by atoms with van der Waals surface area (Å²) in [6.45, 7) is 11.2. The molecule has 3 atom stereocenters. The van der Waals surface area contributed by atoms with Gasteiger partial charge < -0.3 is 14.8 Å². The van der Waals surface area contributed by atoms with Gasteiger partial charge >= 0.3 is 0 Å². The Balaban J connectivity index is 2.34. The fraction of sp³-hybridized carbons (Fsp3) is 0.875. The van der Waals surface area contributed by atoms with Crippen LogP contribution in [0.5, 0.6) is 0 Å². The van der Waals surface area contributed by atoms with Crippen LogP contribution in [-0.2, 0) is 9.47 Å². The summed E-state index contributed by atoms with van der Waals surface area (Å²) in [6.07, 6.45) is 7.04. The summed E-state index contributed by atoms with van der Waals surface area (Å²) in [6, 6.07) is 0. The van der Waals surface area contributed by atoms with Crippen LogP contribution >= 0.6 is 0 Å². The molecule has 112 valence electrons. The molecule has 19 heavy (non-hydrogen) atoms. The van der Waals surface area contributed by atoms with Gasteiger partial charge in [0, 0.05) is 19.2 Å². The average molecular weight is 269 g/mol. The average Bonchev–Trinajstić information content (AvgIpc) is 2.33. The minimum Gasteiger partial charge on any atom is -0.382 e. The highest BCUT2D eigenvalue weighted by Gasteiger charge is 2.21. The fourth-order valence-electron chi connectivity index (χ4n) is 2.27. The Morgan fingerprint density at radius 1 is 1.26 bits per heavy atom. The van der Waals surface area contributed by atoms with Gasteiger partial charge in [0.05, 0.1) is 19.3 Å². The molecule has 0 aliphatic heterocycles. The summed E-state index contributed by atoms with van der Waals surface area (Å²) >= 11 is 0. The van der Waals surface area contributed by atoms with Crippen LogP contribution in [0, 0.1) is 11.8 Å². The van der Waals surface area contributed by atoms with Gasteiger partial charge in [-0.1, -0.05) is 19.1 Å². The molecule has 1 aliphatic carbocycles. The van der Waals surface area contributed by atoms with E-state index >= 15 is 0 Å². The van der Waals surface area contributed by atoms with Crippen LogP contribution in [0.15, 0.2) is 12.2 Å². The number of ether oxygens (including phenoxy) is 2. The van der Waals surface area contributed by atoms with Crippen molar-refractivity contribution in [3.63, 3.8) is 0 Å². The molecule has 3 heteroatoms. The predicted molar refractivity (Wildman–Crippen MR) is 80.4 cm³/mol. The van der Waals surface area contributed by atoms with Gasteiger partial charge in [-0.15, -0.1) is 0 Å². The molecule has 0 heterocycles. The van der Waals surface area contributed by atoms with E-state index < -0.39 is 0 Å². The Bertz CT molecular complexity index is 270. The molecular formula is C16H31NO2. The van der Waals surface area contributed by atoms with E-state index in [-0.39, 0.29) is 11.6 Å². The summed E-state index contributed by atoms with van der Waals surface area (Å²) in [7, 11) is 1.74. The fourth-order valence-corrected chi connectivity index (χ4v) is 2.27. The summed E-state index contributed by atoms with van der Waals surface area (Å²) < 4.78 is 11.3. The number of allylic oxidation sites excluding steroid dienone is 2. The zero-order valence-electron chi connectivity index (χ0n) is 13.2. The van der Waals surface area contributed by atoms with Crippen molar-refractivity contribution in [1.82, 2.24) is 5.32 Å². The van der Waals surface area contributed by atoms with Gasteiger partial charge in [-0.3, -0.25) is 0 Å². The maximum absolute atomic E-state index is 6.07. The van der Waals surface area contributed by atoms with Crippen LogP contribution < -0.4 is 5.32 Å². The molecule has 0 spiro atoms. The summed E-state index contributed by atoms with van der Waals surface area (Å²) in [5.41, 5.74) is 0.121. The first-order valence-corrected chi connectivity index (χ1v) is 7.43. The van der Waals surface area contributed by atoms with Gasteiger partial charge in [0.25, 0.3) is 0 Å². The zero-order chi connectivity index (χ0) is 14.3. The van der Waals surface area contributed by atoms with Gasteiger partial charge in [-0.25, -0.2) is 0 Å². The monoisotopic (exact) mass is 269 g/mol. The summed E-state index contributed by atoms with van der Waals surface area (Å²) in [5, 5.41) is 3.49. The SMILES string of the molecule is COCC(CNC(C)(C)C)OCC1CC=CCC1C. The quantitative estimate of drug-likeness (QED) is 0.721. The van der Waals surface area contributed by atoms with Gasteiger partial charge in [-0.2, -0.15) is 0 Å². The van der Waals surface area contributed by atoms with Crippen LogP contribution in [0.4, 0.5) is 0 Å². The van der Waals surface area contributed by atoms with E-state index in [4.69, 9.17) is 9.47 Å². The maximum atomic E-state index is 6.07. The summed E-state index contributed by atoms with van der Waals surface area (Å²) in [5.74, 6) is 1.38. The molecule has 0 bridgehead atoms. The lowest BCUT2D eigenvalue weighted by atomic mass is 9.85. The molecule has 0 radical (unpaired) electrons. The van der Waals surface area contributed by atoms with Crippen LogP contribution in [0.1, 0.15) is 40.5 Å². The van der Waals surface area contributed by atoms with Gasteiger partial charge in [-0.05, 0) is 45.4 Å². The van der Waals surface area contributed by atoms with E-state index in [0.717, 1.165) is 25.5 Å². The molecule has 1 rings (SSSR count). The lowest BCUT2D eigenvalue weighted by Gasteiger charge is -2.29. The molecule has 0 saturated carbocycles. The Labute approximate surface area is 118 Å². The van der Waals surface area contributed by atoms with E-state index in [1.165, 1.54) is 6.42 Å². The number of nitrogens with one attached hydrogen (secondary N) is 1. The van der Waals surface area contributed by atoms with E-state index in [0.29, 0.717) is 12.5 Å². The van der Waals surface area contributed by atoms with Gasteiger partial charge in [0.1, 0.15) is 0 Å². The van der Waals surface area contributed by atoms with E-state index in [1.807, 2.05) is 0 Å². The molecule has 1 aliphatic rings. The van der Waals surface area contributed by atoms with Crippen molar-refractivity contribution in [2.45, 2.75) is 52.2 Å². The van der Waals surface area contributed by atoms with Crippen molar-refractivity contribution in [1.29, 1.82) is 0 Å². The first-order chi connectivity index (χ1) is 8.92. The van der Waals surface area contributed by atoms with E-state index in [1.54, 1.807) is 7.11 Å². The standard InChI is InChI=1S/C16H31NO2/c1-13-8-6-7-9-14(13)11-19-15(12-18-5)10-17-16(2,3)4/h6-7,13-15,17H,8-12H2,1-5H3. The zero-order valence-corrected chi connectivity index (χ0v) is 13.2. The van der Waals surface area contributed by atoms with Crippen molar-refractivity contribution >= 4 is 0 Å². The molecular weight excluding hydrogens is 238 g/mol. The molecule has 0 aromatic carbocycles. The normalized spacial score (nSPS) is 25.5. The van der Waals surface area contributed by atoms with Crippen LogP contribution in [0.2, 0.25) is 0 Å². The molecule has 0 aromatic heterocycles. The van der Waals surface area contributed by atoms with Crippen molar-refractivity contribution in [3.05, 3.63) is 12.2 Å². The highest BCUT2D eigenvalue weighted by Crippen LogP contribution is 2.25. The largest absolute Gasteiger partial charge is 0.382 e. The highest BCUT2D eigenvalue weighted by molar-refractivity contribution is 4.93. The lowest BCUT2D eigenvalue weighted by Crippen LogP contribution is -2.43. The second kappa shape index (κ2) is 8.03. The number of hydrogen-bond donors (Lipinski definition) is 1. The molecule has 0 amide bonds. The smallest absolute Gasteiger partial charge is 0.0932 e. The Kier molecular flexibility index (Phi) is 7.05. The first-order valence-electron chi connectivity index (χ1n) is 7.43. The van der Waals surface area contributed by atoms with Crippen molar-refractivity contribution in [2.24, 2.45) is 11.8 Å². The molecule has 0 saturated heterocycles. The molecule has 1 N–H and O–H groups in total. The minimum atomic E-state index is 0.121. The van der Waals surface area contributed by atoms with E-state index in [2.05, 4.69) is 45.2 Å². The van der Waals surface area contributed by atoms with Crippen molar-refractivity contribution in [3.8, 4) is 0 Å². The van der Waals surface area contributed by atoms with Crippen LogP contribution in [0.25, 0.3) is 0 Å². The number of rotatable bonds is 7. The molecule has 3 nitrogen and oxygen atoms in total. The topological polar surface area (TPSA) is 30.5 Å². The van der Waals surface area contributed by atoms with Crippen molar-refractivity contribution in [2.75, 3.05) is 26.9 Å².